The number of nitrogens with zero attached hydrogens (tertiary/aromatic N) is 3. The summed E-state index contributed by atoms with van der Waals surface area (Å²) in [4.78, 5) is 23.5. The second-order valence-corrected chi connectivity index (χ2v) is 4.92. The fourth-order valence-electron chi connectivity index (χ4n) is 2.50. The van der Waals surface area contributed by atoms with Crippen molar-refractivity contribution < 1.29 is 15.0 Å². The molecule has 2 heterocycles. The summed E-state index contributed by atoms with van der Waals surface area (Å²) < 4.78 is 0. The van der Waals surface area contributed by atoms with Crippen LogP contribution < -0.4 is 5.32 Å². The summed E-state index contributed by atoms with van der Waals surface area (Å²) in [6.07, 6.45) is 3.12. The predicted octanol–water partition coefficient (Wildman–Crippen LogP) is 0.661. The van der Waals surface area contributed by atoms with Crippen molar-refractivity contribution in [3.8, 4) is 0 Å². The van der Waals surface area contributed by atoms with E-state index in [1.165, 1.54) is 0 Å². The van der Waals surface area contributed by atoms with E-state index in [2.05, 4.69) is 20.3 Å². The largest absolute Gasteiger partial charge is 0.481 e. The van der Waals surface area contributed by atoms with Crippen LogP contribution in [0.4, 0.5) is 5.82 Å². The van der Waals surface area contributed by atoms with Crippen molar-refractivity contribution in [3.63, 3.8) is 0 Å². The molecule has 0 radical (unpaired) electrons. The summed E-state index contributed by atoms with van der Waals surface area (Å²) in [6.45, 7) is 0. The maximum atomic E-state index is 10.9. The van der Waals surface area contributed by atoms with E-state index < -0.39 is 18.0 Å². The average molecular weight is 274 g/mol. The van der Waals surface area contributed by atoms with Crippen LogP contribution in [0.1, 0.15) is 12.8 Å². The molecule has 3 unspecified atom stereocenters. The van der Waals surface area contributed by atoms with E-state index in [4.69, 9.17) is 5.11 Å². The molecule has 0 amide bonds. The van der Waals surface area contributed by atoms with Crippen LogP contribution in [0, 0.1) is 5.92 Å². The molecule has 0 saturated heterocycles. The van der Waals surface area contributed by atoms with Crippen molar-refractivity contribution in [2.24, 2.45) is 5.92 Å². The molecule has 2 aromatic rings. The second-order valence-electron chi connectivity index (χ2n) is 4.92. The number of carbonyl (C=O) groups is 1. The van der Waals surface area contributed by atoms with Crippen LogP contribution in [0.25, 0.3) is 11.2 Å². The predicted molar refractivity (Wildman–Crippen MR) is 71.1 cm³/mol. The van der Waals surface area contributed by atoms with E-state index in [0.717, 1.165) is 0 Å². The van der Waals surface area contributed by atoms with Gasteiger partial charge in [-0.2, -0.15) is 0 Å². The van der Waals surface area contributed by atoms with E-state index in [1.807, 2.05) is 0 Å². The first kappa shape index (κ1) is 12.7. The summed E-state index contributed by atoms with van der Waals surface area (Å²) in [7, 11) is 0. The fraction of sp³-hybridized carbons (Fsp3) is 0.385. The zero-order valence-corrected chi connectivity index (χ0v) is 10.6. The van der Waals surface area contributed by atoms with E-state index in [1.54, 1.807) is 24.5 Å². The summed E-state index contributed by atoms with van der Waals surface area (Å²) in [6, 6.07) is 3.23. The van der Waals surface area contributed by atoms with Crippen LogP contribution in [0.15, 0.2) is 24.5 Å². The van der Waals surface area contributed by atoms with Gasteiger partial charge in [0.2, 0.25) is 0 Å². The highest BCUT2D eigenvalue weighted by Crippen LogP contribution is 2.28. The normalized spacial score (nSPS) is 25.8. The highest BCUT2D eigenvalue weighted by molar-refractivity contribution is 5.72. The minimum Gasteiger partial charge on any atom is -0.481 e. The van der Waals surface area contributed by atoms with Gasteiger partial charge in [-0.1, -0.05) is 0 Å². The lowest BCUT2D eigenvalue weighted by Crippen LogP contribution is -2.28. The number of rotatable bonds is 3. The van der Waals surface area contributed by atoms with Gasteiger partial charge in [-0.3, -0.25) is 9.78 Å². The first-order chi connectivity index (χ1) is 9.63. The fourth-order valence-corrected chi connectivity index (χ4v) is 2.50. The van der Waals surface area contributed by atoms with E-state index in [9.17, 15) is 9.90 Å². The molecule has 1 aliphatic rings. The van der Waals surface area contributed by atoms with Gasteiger partial charge >= 0.3 is 5.97 Å². The monoisotopic (exact) mass is 274 g/mol. The third kappa shape index (κ3) is 2.39. The number of aliphatic hydroxyl groups excluding tert-OH is 1. The minimum atomic E-state index is -0.870. The van der Waals surface area contributed by atoms with Gasteiger partial charge in [0.25, 0.3) is 0 Å². The Morgan fingerprint density at radius 3 is 2.80 bits per heavy atom. The SMILES string of the molecule is O=C(O)C1CC(O)C(Nc2ccc3nccnc3n2)C1. The van der Waals surface area contributed by atoms with Crippen molar-refractivity contribution in [3.05, 3.63) is 24.5 Å². The number of nitrogens with one attached hydrogen (secondary N) is 1. The Balaban J connectivity index is 1.78. The van der Waals surface area contributed by atoms with E-state index >= 15 is 0 Å². The number of hydrogen-bond acceptors (Lipinski definition) is 6. The number of anilines is 1. The standard InChI is InChI=1S/C13H14N4O3/c18-10-6-7(13(19)20)5-9(10)16-11-2-1-8-12(17-11)15-4-3-14-8/h1-4,7,9-10,18H,5-6H2,(H,19,20)(H,15,16,17). The Bertz CT molecular complexity index is 648. The molecule has 1 aliphatic carbocycles. The molecule has 3 N–H and O–H groups in total. The quantitative estimate of drug-likeness (QED) is 0.754. The summed E-state index contributed by atoms with van der Waals surface area (Å²) in [5.74, 6) is -0.818. The Hall–Kier alpha value is -2.28. The molecule has 1 fully saturated rings. The first-order valence-electron chi connectivity index (χ1n) is 6.38. The van der Waals surface area contributed by atoms with Crippen molar-refractivity contribution in [1.29, 1.82) is 0 Å². The van der Waals surface area contributed by atoms with E-state index in [0.29, 0.717) is 23.4 Å². The van der Waals surface area contributed by atoms with Crippen LogP contribution in [-0.2, 0) is 4.79 Å². The minimum absolute atomic E-state index is 0.264. The topological polar surface area (TPSA) is 108 Å². The number of aromatic nitrogens is 3. The third-order valence-electron chi connectivity index (χ3n) is 3.54. The van der Waals surface area contributed by atoms with Crippen LogP contribution >= 0.6 is 0 Å². The third-order valence-corrected chi connectivity index (χ3v) is 3.54. The van der Waals surface area contributed by atoms with Crippen molar-refractivity contribution in [2.75, 3.05) is 5.32 Å². The maximum Gasteiger partial charge on any atom is 0.306 e. The molecular formula is C13H14N4O3. The van der Waals surface area contributed by atoms with Crippen molar-refractivity contribution >= 4 is 23.0 Å². The molecule has 104 valence electrons. The van der Waals surface area contributed by atoms with Crippen LogP contribution in [0.5, 0.6) is 0 Å². The van der Waals surface area contributed by atoms with Gasteiger partial charge in [-0.15, -0.1) is 0 Å². The number of hydrogen-bond donors (Lipinski definition) is 3. The Morgan fingerprint density at radius 1 is 1.25 bits per heavy atom. The van der Waals surface area contributed by atoms with Gasteiger partial charge in [-0.25, -0.2) is 9.97 Å². The number of pyridine rings is 1. The summed E-state index contributed by atoms with van der Waals surface area (Å²) >= 11 is 0. The molecule has 7 nitrogen and oxygen atoms in total. The Morgan fingerprint density at radius 2 is 2.05 bits per heavy atom. The second kappa shape index (κ2) is 5.01. The molecular weight excluding hydrogens is 260 g/mol. The lowest BCUT2D eigenvalue weighted by atomic mass is 10.1. The molecule has 0 aliphatic heterocycles. The number of carboxylic acid groups (broad SMARTS) is 1. The summed E-state index contributed by atoms with van der Waals surface area (Å²) in [5, 5.41) is 22.0. The molecule has 7 heteroatoms. The van der Waals surface area contributed by atoms with Crippen LogP contribution in [-0.4, -0.2) is 43.3 Å². The molecule has 3 rings (SSSR count). The van der Waals surface area contributed by atoms with E-state index in [-0.39, 0.29) is 12.5 Å². The van der Waals surface area contributed by atoms with Gasteiger partial charge in [0, 0.05) is 12.4 Å². The number of carboxylic acids is 1. The first-order valence-corrected chi connectivity index (χ1v) is 6.38. The smallest absolute Gasteiger partial charge is 0.306 e. The highest BCUT2D eigenvalue weighted by Gasteiger charge is 2.37. The molecule has 0 spiro atoms. The molecule has 0 bridgehead atoms. The zero-order valence-electron chi connectivity index (χ0n) is 10.6. The van der Waals surface area contributed by atoms with Gasteiger partial charge in [0.1, 0.15) is 11.3 Å². The van der Waals surface area contributed by atoms with Gasteiger partial charge < -0.3 is 15.5 Å². The van der Waals surface area contributed by atoms with Crippen LogP contribution in [0.2, 0.25) is 0 Å². The molecule has 20 heavy (non-hydrogen) atoms. The Kier molecular flexibility index (Phi) is 3.19. The Labute approximate surface area is 114 Å². The van der Waals surface area contributed by atoms with Gasteiger partial charge in [-0.05, 0) is 25.0 Å². The van der Waals surface area contributed by atoms with Crippen LogP contribution in [0.3, 0.4) is 0 Å². The van der Waals surface area contributed by atoms with Crippen molar-refractivity contribution in [1.82, 2.24) is 15.0 Å². The van der Waals surface area contributed by atoms with Gasteiger partial charge in [0.05, 0.1) is 18.1 Å². The number of fused-ring (bicyclic) bond motifs is 1. The molecule has 1 saturated carbocycles. The maximum absolute atomic E-state index is 10.9. The number of aliphatic carboxylic acids is 1. The zero-order chi connectivity index (χ0) is 14.1. The lowest BCUT2D eigenvalue weighted by Gasteiger charge is -2.16. The average Bonchev–Trinajstić information content (AvgIpc) is 2.80. The molecule has 2 aromatic heterocycles. The molecule has 3 atom stereocenters. The number of aliphatic hydroxyl groups is 1. The van der Waals surface area contributed by atoms with Gasteiger partial charge in [0.15, 0.2) is 5.65 Å². The molecule has 0 aromatic carbocycles. The lowest BCUT2D eigenvalue weighted by molar-refractivity contribution is -0.141. The summed E-state index contributed by atoms with van der Waals surface area (Å²) in [5.41, 5.74) is 1.20. The van der Waals surface area contributed by atoms with Crippen molar-refractivity contribution in [2.45, 2.75) is 25.0 Å². The highest BCUT2D eigenvalue weighted by atomic mass is 16.4.